The number of morpholine rings is 6. The predicted molar refractivity (Wildman–Crippen MR) is 237 cm³/mol. The van der Waals surface area contributed by atoms with Crippen LogP contribution in [0.25, 0.3) is 17.3 Å². The van der Waals surface area contributed by atoms with Gasteiger partial charge in [-0.1, -0.05) is 23.2 Å². The first-order valence-corrected chi connectivity index (χ1v) is 22.9. The molecule has 0 N–H and O–H groups in total. The zero-order valence-corrected chi connectivity index (χ0v) is 36.9. The van der Waals surface area contributed by atoms with Crippen molar-refractivity contribution in [3.05, 3.63) is 65.4 Å². The molecule has 0 saturated carbocycles. The molecule has 62 heavy (non-hydrogen) atoms. The highest BCUT2D eigenvalue weighted by molar-refractivity contribution is 6.38. The highest BCUT2D eigenvalue weighted by atomic mass is 35.5. The Hall–Kier alpha value is -4.26. The van der Waals surface area contributed by atoms with Crippen LogP contribution in [0.5, 0.6) is 0 Å². The van der Waals surface area contributed by atoms with E-state index in [2.05, 4.69) is 98.5 Å². The Labute approximate surface area is 373 Å². The molecule has 10 rings (SSSR count). The first-order chi connectivity index (χ1) is 30.6. The Morgan fingerprint density at radius 3 is 0.887 bits per heavy atom. The number of hydrogen-bond donors (Lipinski definition) is 0. The maximum Gasteiger partial charge on any atom is 0.358 e. The summed E-state index contributed by atoms with van der Waals surface area (Å²) in [6.45, 7) is 17.7. The summed E-state index contributed by atoms with van der Waals surface area (Å²) in [6, 6.07) is 6.55. The lowest BCUT2D eigenvalue weighted by Crippen LogP contribution is -2.45. The van der Waals surface area contributed by atoms with Crippen LogP contribution >= 0.6 is 23.2 Å². The molecule has 0 atom stereocenters. The average Bonchev–Trinajstić information content (AvgIpc) is 3.35. The summed E-state index contributed by atoms with van der Waals surface area (Å²) in [5, 5.41) is 0.874. The largest absolute Gasteiger partial charge is 0.378 e. The summed E-state index contributed by atoms with van der Waals surface area (Å²) in [5.41, 5.74) is 7.41. The van der Waals surface area contributed by atoms with Crippen molar-refractivity contribution >= 4 is 57.3 Å². The van der Waals surface area contributed by atoms with E-state index in [4.69, 9.17) is 56.6 Å². The van der Waals surface area contributed by atoms with Crippen molar-refractivity contribution in [1.82, 2.24) is 4.98 Å². The summed E-state index contributed by atoms with van der Waals surface area (Å²) in [5.74, 6) is 1.14. The number of nitrogens with zero attached hydrogens (tertiary/aromatic N) is 10. The van der Waals surface area contributed by atoms with Crippen LogP contribution in [0.1, 0.15) is 0 Å². The fraction of sp³-hybridized carbons (Fsp3) is 0.545. The normalized spacial score (nSPS) is 20.5. The van der Waals surface area contributed by atoms with Crippen molar-refractivity contribution in [2.75, 3.05) is 187 Å². The lowest BCUT2D eigenvalue weighted by atomic mass is 10.2. The van der Waals surface area contributed by atoms with Crippen LogP contribution in [0, 0.1) is 0 Å². The predicted octanol–water partition coefficient (Wildman–Crippen LogP) is 2.24. The van der Waals surface area contributed by atoms with Gasteiger partial charge in [-0.25, -0.2) is 0 Å². The topological polar surface area (TPSA) is 99.4 Å². The van der Waals surface area contributed by atoms with Gasteiger partial charge < -0.3 is 57.8 Å². The molecule has 18 heteroatoms. The maximum absolute atomic E-state index is 7.72. The maximum atomic E-state index is 7.72. The van der Waals surface area contributed by atoms with Gasteiger partial charge in [-0.2, -0.15) is 13.7 Å². The molecule has 10 heterocycles. The molecule has 0 unspecified atom stereocenters. The van der Waals surface area contributed by atoms with Crippen LogP contribution in [0.2, 0.25) is 10.0 Å². The van der Waals surface area contributed by atoms with Gasteiger partial charge in [-0.15, -0.1) is 0 Å². The number of halogens is 2. The van der Waals surface area contributed by atoms with Gasteiger partial charge in [0.2, 0.25) is 16.2 Å². The van der Waals surface area contributed by atoms with Gasteiger partial charge in [0.15, 0.2) is 6.20 Å². The van der Waals surface area contributed by atoms with Crippen molar-refractivity contribution in [3.8, 4) is 17.3 Å². The van der Waals surface area contributed by atoms with Gasteiger partial charge >= 0.3 is 11.6 Å². The Balaban J connectivity index is 1.15. The third-order valence-electron chi connectivity index (χ3n) is 12.6. The minimum atomic E-state index is 0.437. The van der Waals surface area contributed by atoms with Gasteiger partial charge in [0.25, 0.3) is 5.69 Å². The summed E-state index contributed by atoms with van der Waals surface area (Å²) in [6.07, 6.45) is 12.7. The number of aromatic nitrogens is 4. The number of pyridine rings is 4. The number of rotatable bonds is 9. The van der Waals surface area contributed by atoms with Crippen molar-refractivity contribution in [1.29, 1.82) is 0 Å². The molecule has 6 fully saturated rings. The molecule has 4 aromatic heterocycles. The van der Waals surface area contributed by atoms with E-state index < -0.39 is 0 Å². The smallest absolute Gasteiger partial charge is 0.358 e. The fourth-order valence-electron chi connectivity index (χ4n) is 9.27. The standard InChI is InChI=1S/C44H57Cl2N10O6/c45-40-42(54-4-1-34(48-7-19-57-20-8-48)37(31-54)51-13-25-60-26-14-51)41(46)44(56-6-3-36(50-11-23-59-24-12-50)39(33-56)53-17-29-62-30-18-53)47-43(40)55-5-2-35(49-9-21-58-22-10-49)38(32-55)52-15-27-61-28-16-52/h1-6,31-33H,7-30H2/q+3. The van der Waals surface area contributed by atoms with E-state index in [1.54, 1.807) is 0 Å². The fourth-order valence-corrected chi connectivity index (χ4v) is 9.98. The molecule has 0 spiro atoms. The molecule has 0 amide bonds. The molecule has 330 valence electrons. The van der Waals surface area contributed by atoms with Crippen LogP contribution < -0.4 is 43.1 Å². The summed E-state index contributed by atoms with van der Waals surface area (Å²) >= 11 is 15.4. The molecule has 0 bridgehead atoms. The minimum Gasteiger partial charge on any atom is -0.378 e. The van der Waals surface area contributed by atoms with E-state index in [-0.39, 0.29) is 0 Å². The molecule has 0 radical (unpaired) electrons. The van der Waals surface area contributed by atoms with Crippen LogP contribution in [0.4, 0.5) is 34.1 Å². The molecule has 0 aromatic carbocycles. The number of ether oxygens (including phenoxy) is 6. The summed E-state index contributed by atoms with van der Waals surface area (Å²) in [7, 11) is 0. The number of hydrogen-bond acceptors (Lipinski definition) is 13. The number of anilines is 6. The second-order valence-electron chi connectivity index (χ2n) is 16.2. The Kier molecular flexibility index (Phi) is 12.9. The first kappa shape index (κ1) is 41.7. The average molecular weight is 893 g/mol. The molecule has 6 aliphatic rings. The van der Waals surface area contributed by atoms with Gasteiger partial charge in [0.1, 0.15) is 29.5 Å². The zero-order valence-electron chi connectivity index (χ0n) is 35.3. The SMILES string of the molecule is Clc1c(-[n+]2ccc(N3CCOCC3)c(N3CCOCC3)c2)nc(-[n+]2ccc(N3CCOCC3)c(N3CCOCC3)c2)c(Cl)c1-[n+]1ccc(N2CCOCC2)c(N2CCOCC2)c1. The molecule has 0 aliphatic carbocycles. The molecule has 6 aliphatic heterocycles. The van der Waals surface area contributed by atoms with Gasteiger partial charge in [0, 0.05) is 102 Å². The summed E-state index contributed by atoms with van der Waals surface area (Å²) in [4.78, 5) is 19.8. The second-order valence-corrected chi connectivity index (χ2v) is 17.0. The van der Waals surface area contributed by atoms with Crippen molar-refractivity contribution in [2.24, 2.45) is 0 Å². The van der Waals surface area contributed by atoms with Crippen molar-refractivity contribution in [2.45, 2.75) is 0 Å². The van der Waals surface area contributed by atoms with Crippen LogP contribution in [-0.4, -0.2) is 163 Å². The lowest BCUT2D eigenvalue weighted by Gasteiger charge is -2.35. The van der Waals surface area contributed by atoms with Crippen molar-refractivity contribution < 1.29 is 42.1 Å². The highest BCUT2D eigenvalue weighted by Crippen LogP contribution is 2.37. The zero-order chi connectivity index (χ0) is 41.8. The Morgan fingerprint density at radius 1 is 0.355 bits per heavy atom. The van der Waals surface area contributed by atoms with Crippen LogP contribution in [-0.2, 0) is 28.4 Å². The Morgan fingerprint density at radius 2 is 0.597 bits per heavy atom. The monoisotopic (exact) mass is 891 g/mol. The lowest BCUT2D eigenvalue weighted by molar-refractivity contribution is -0.617. The second kappa shape index (κ2) is 19.2. The van der Waals surface area contributed by atoms with E-state index in [9.17, 15) is 0 Å². The quantitative estimate of drug-likeness (QED) is 0.230. The minimum absolute atomic E-state index is 0.437. The first-order valence-electron chi connectivity index (χ1n) is 22.1. The van der Waals surface area contributed by atoms with Gasteiger partial charge in [-0.05, 0) is 0 Å². The van der Waals surface area contributed by atoms with Crippen LogP contribution in [0.15, 0.2) is 55.4 Å². The molecular formula is C44H57Cl2N10O6+3. The third-order valence-corrected chi connectivity index (χ3v) is 13.3. The van der Waals surface area contributed by atoms with Gasteiger partial charge in [0.05, 0.1) is 109 Å². The van der Waals surface area contributed by atoms with E-state index in [1.165, 1.54) is 0 Å². The molecule has 6 saturated heterocycles. The highest BCUT2D eigenvalue weighted by Gasteiger charge is 2.37. The van der Waals surface area contributed by atoms with Crippen LogP contribution in [0.3, 0.4) is 0 Å². The Bertz CT molecular complexity index is 2080. The van der Waals surface area contributed by atoms with E-state index >= 15 is 0 Å². The molecule has 16 nitrogen and oxygen atoms in total. The van der Waals surface area contributed by atoms with E-state index in [0.717, 1.165) is 113 Å². The summed E-state index contributed by atoms with van der Waals surface area (Å²) < 4.78 is 40.9. The third kappa shape index (κ3) is 8.68. The molecular weight excluding hydrogens is 835 g/mol. The molecule has 4 aromatic rings. The van der Waals surface area contributed by atoms with Gasteiger partial charge in [-0.3, -0.25) is 0 Å². The van der Waals surface area contributed by atoms with E-state index in [0.29, 0.717) is 107 Å². The van der Waals surface area contributed by atoms with E-state index in [1.807, 2.05) is 0 Å². The van der Waals surface area contributed by atoms with Crippen molar-refractivity contribution in [3.63, 3.8) is 0 Å².